The Morgan fingerprint density at radius 1 is 1.12 bits per heavy atom. The Morgan fingerprint density at radius 2 is 1.92 bits per heavy atom. The fourth-order valence-corrected chi connectivity index (χ4v) is 2.99. The van der Waals surface area contributed by atoms with Gasteiger partial charge < -0.3 is 11.1 Å². The maximum Gasteiger partial charge on any atom is 0.161 e. The van der Waals surface area contributed by atoms with Crippen LogP contribution in [0.1, 0.15) is 24.3 Å². The monoisotopic (exact) mass is 333 g/mol. The summed E-state index contributed by atoms with van der Waals surface area (Å²) in [4.78, 5) is 4.18. The molecule has 126 valence electrons. The Morgan fingerprint density at radius 3 is 2.62 bits per heavy atom. The molecule has 1 heterocycles. The van der Waals surface area contributed by atoms with Crippen molar-refractivity contribution in [3.8, 4) is 0 Å². The maximum absolute atomic E-state index is 14.0. The predicted molar refractivity (Wildman–Crippen MR) is 87.1 cm³/mol. The summed E-state index contributed by atoms with van der Waals surface area (Å²) < 4.78 is 40.4. The zero-order chi connectivity index (χ0) is 17.1. The normalized spacial score (nSPS) is 20.6. The number of nitrogens with zero attached hydrogens (tertiary/aromatic N) is 1. The summed E-state index contributed by atoms with van der Waals surface area (Å²) in [5.74, 6) is -2.58. The Labute approximate surface area is 138 Å². The molecule has 2 atom stereocenters. The van der Waals surface area contributed by atoms with E-state index in [1.807, 2.05) is 24.3 Å². The number of halogens is 3. The second-order valence-corrected chi connectivity index (χ2v) is 5.93. The smallest absolute Gasteiger partial charge is 0.161 e. The molecule has 3 nitrogen and oxygen atoms in total. The number of aromatic nitrogens is 1. The van der Waals surface area contributed by atoms with E-state index in [0.29, 0.717) is 25.5 Å². The van der Waals surface area contributed by atoms with Crippen molar-refractivity contribution in [1.82, 2.24) is 4.98 Å². The van der Waals surface area contributed by atoms with Crippen LogP contribution in [0.5, 0.6) is 0 Å². The van der Waals surface area contributed by atoms with Crippen LogP contribution in [-0.2, 0) is 0 Å². The summed E-state index contributed by atoms with van der Waals surface area (Å²) in [6, 6.07) is 6.73. The molecule has 2 aromatic rings. The molecule has 0 aliphatic heterocycles. The summed E-state index contributed by atoms with van der Waals surface area (Å²) in [5, 5.41) is 3.20. The first-order valence-corrected chi connectivity index (χ1v) is 7.77. The topological polar surface area (TPSA) is 50.9 Å². The van der Waals surface area contributed by atoms with Crippen LogP contribution in [0.2, 0.25) is 0 Å². The highest BCUT2D eigenvalue weighted by atomic mass is 19.2. The van der Waals surface area contributed by atoms with Crippen LogP contribution in [0.4, 0.5) is 19.0 Å². The van der Waals surface area contributed by atoms with Crippen LogP contribution in [0, 0.1) is 17.5 Å². The lowest BCUT2D eigenvalue weighted by Crippen LogP contribution is -2.33. The van der Waals surface area contributed by atoms with Crippen molar-refractivity contribution in [2.24, 2.45) is 5.73 Å². The fourth-order valence-electron chi connectivity index (χ4n) is 2.99. The standard InChI is InChI=1S/C18H18F3N3/c19-14-9-16(21)15(20)8-13(14)12-5-4-11(7-17(12)22)10-24-18-3-1-2-6-23-18/h1-4,6,8-9,12,17H,5,7,10,22H2,(H,23,24). The molecule has 6 heteroatoms. The van der Waals surface area contributed by atoms with Crippen LogP contribution in [-0.4, -0.2) is 17.6 Å². The van der Waals surface area contributed by atoms with E-state index >= 15 is 0 Å². The summed E-state index contributed by atoms with van der Waals surface area (Å²) in [6.07, 6.45) is 4.72. The van der Waals surface area contributed by atoms with Gasteiger partial charge in [0.2, 0.25) is 0 Å². The summed E-state index contributed by atoms with van der Waals surface area (Å²) in [6.45, 7) is 0.595. The van der Waals surface area contributed by atoms with Gasteiger partial charge in [-0.15, -0.1) is 0 Å². The molecular weight excluding hydrogens is 315 g/mol. The molecule has 1 aromatic heterocycles. The molecule has 0 fully saturated rings. The van der Waals surface area contributed by atoms with Gasteiger partial charge in [0.15, 0.2) is 11.6 Å². The lowest BCUT2D eigenvalue weighted by Gasteiger charge is -2.29. The van der Waals surface area contributed by atoms with Crippen molar-refractivity contribution in [3.63, 3.8) is 0 Å². The van der Waals surface area contributed by atoms with Crippen LogP contribution >= 0.6 is 0 Å². The first-order valence-electron chi connectivity index (χ1n) is 7.77. The first-order chi connectivity index (χ1) is 11.5. The molecule has 0 spiro atoms. The molecule has 0 amide bonds. The van der Waals surface area contributed by atoms with Crippen LogP contribution < -0.4 is 11.1 Å². The molecule has 3 rings (SSSR count). The van der Waals surface area contributed by atoms with Gasteiger partial charge in [0.05, 0.1) is 0 Å². The van der Waals surface area contributed by atoms with Gasteiger partial charge in [-0.25, -0.2) is 18.2 Å². The number of allylic oxidation sites excluding steroid dienone is 1. The van der Waals surface area contributed by atoms with E-state index in [1.165, 1.54) is 0 Å². The first kappa shape index (κ1) is 16.5. The minimum absolute atomic E-state index is 0.134. The van der Waals surface area contributed by atoms with Crippen molar-refractivity contribution in [3.05, 3.63) is 71.2 Å². The second-order valence-electron chi connectivity index (χ2n) is 5.93. The molecule has 1 aliphatic rings. The third kappa shape index (κ3) is 3.59. The van der Waals surface area contributed by atoms with Gasteiger partial charge in [0, 0.05) is 30.8 Å². The average molecular weight is 333 g/mol. The molecule has 2 unspecified atom stereocenters. The molecule has 0 radical (unpaired) electrons. The largest absolute Gasteiger partial charge is 0.366 e. The van der Waals surface area contributed by atoms with E-state index in [0.717, 1.165) is 17.5 Å². The highest BCUT2D eigenvalue weighted by Gasteiger charge is 2.27. The third-order valence-corrected chi connectivity index (χ3v) is 4.28. The SMILES string of the molecule is NC1CC(CNc2ccccn2)=CCC1c1cc(F)c(F)cc1F. The van der Waals surface area contributed by atoms with Crippen LogP contribution in [0.3, 0.4) is 0 Å². The molecule has 24 heavy (non-hydrogen) atoms. The average Bonchev–Trinajstić information content (AvgIpc) is 2.58. The van der Waals surface area contributed by atoms with Gasteiger partial charge in [-0.05, 0) is 36.6 Å². The van der Waals surface area contributed by atoms with Gasteiger partial charge in [-0.1, -0.05) is 17.7 Å². The molecule has 1 aliphatic carbocycles. The number of anilines is 1. The molecule has 0 saturated carbocycles. The van der Waals surface area contributed by atoms with Crippen molar-refractivity contribution >= 4 is 5.82 Å². The fraction of sp³-hybridized carbons (Fsp3) is 0.278. The molecule has 1 aromatic carbocycles. The lowest BCUT2D eigenvalue weighted by atomic mass is 9.80. The number of nitrogens with one attached hydrogen (secondary N) is 1. The Balaban J connectivity index is 1.70. The maximum atomic E-state index is 14.0. The third-order valence-electron chi connectivity index (χ3n) is 4.28. The Hall–Kier alpha value is -2.34. The molecule has 0 saturated heterocycles. The van der Waals surface area contributed by atoms with Crippen LogP contribution in [0.25, 0.3) is 0 Å². The predicted octanol–water partition coefficient (Wildman–Crippen LogP) is 3.74. The highest BCUT2D eigenvalue weighted by molar-refractivity contribution is 5.36. The van der Waals surface area contributed by atoms with Gasteiger partial charge in [0.25, 0.3) is 0 Å². The van der Waals surface area contributed by atoms with Gasteiger partial charge >= 0.3 is 0 Å². The summed E-state index contributed by atoms with van der Waals surface area (Å²) in [5.41, 5.74) is 7.38. The van der Waals surface area contributed by atoms with Gasteiger partial charge in [0.1, 0.15) is 11.6 Å². The Kier molecular flexibility index (Phi) is 4.85. The van der Waals surface area contributed by atoms with E-state index in [-0.39, 0.29) is 17.5 Å². The second kappa shape index (κ2) is 7.05. The van der Waals surface area contributed by atoms with Crippen molar-refractivity contribution in [2.75, 3.05) is 11.9 Å². The number of hydrogen-bond acceptors (Lipinski definition) is 3. The Bertz CT molecular complexity index is 747. The molecular formula is C18H18F3N3. The minimum Gasteiger partial charge on any atom is -0.366 e. The van der Waals surface area contributed by atoms with Gasteiger partial charge in [-0.2, -0.15) is 0 Å². The van der Waals surface area contributed by atoms with Gasteiger partial charge in [-0.3, -0.25) is 0 Å². The van der Waals surface area contributed by atoms with Crippen molar-refractivity contribution in [2.45, 2.75) is 24.8 Å². The quantitative estimate of drug-likeness (QED) is 0.662. The zero-order valence-corrected chi connectivity index (χ0v) is 13.0. The molecule has 3 N–H and O–H groups in total. The number of hydrogen-bond donors (Lipinski definition) is 2. The number of rotatable bonds is 4. The van der Waals surface area contributed by atoms with Crippen molar-refractivity contribution < 1.29 is 13.2 Å². The number of nitrogens with two attached hydrogens (primary N) is 1. The summed E-state index contributed by atoms with van der Waals surface area (Å²) in [7, 11) is 0. The van der Waals surface area contributed by atoms with Crippen molar-refractivity contribution in [1.29, 1.82) is 0 Å². The van der Waals surface area contributed by atoms with E-state index in [1.54, 1.807) is 6.20 Å². The number of pyridine rings is 1. The summed E-state index contributed by atoms with van der Waals surface area (Å²) >= 11 is 0. The highest BCUT2D eigenvalue weighted by Crippen LogP contribution is 2.33. The number of benzene rings is 1. The van der Waals surface area contributed by atoms with E-state index < -0.39 is 17.5 Å². The van der Waals surface area contributed by atoms with E-state index in [4.69, 9.17) is 5.73 Å². The van der Waals surface area contributed by atoms with Crippen LogP contribution in [0.15, 0.2) is 48.2 Å². The molecule has 0 bridgehead atoms. The van der Waals surface area contributed by atoms with E-state index in [9.17, 15) is 13.2 Å². The zero-order valence-electron chi connectivity index (χ0n) is 13.0. The lowest BCUT2D eigenvalue weighted by molar-refractivity contribution is 0.455. The van der Waals surface area contributed by atoms with E-state index in [2.05, 4.69) is 10.3 Å². The minimum atomic E-state index is -1.18.